The molecule has 0 aromatic heterocycles. The summed E-state index contributed by atoms with van der Waals surface area (Å²) in [5, 5.41) is 9.92. The SMILES string of the molecule is Cc1cccc(OC[C@@H](O)CN2CCOCC2)c1. The number of morpholine rings is 1. The largest absolute Gasteiger partial charge is 0.491 e. The number of aryl methyl sites for hydroxylation is 1. The summed E-state index contributed by atoms with van der Waals surface area (Å²) < 4.78 is 10.9. The minimum atomic E-state index is -0.455. The van der Waals surface area contributed by atoms with E-state index < -0.39 is 6.10 Å². The second-order valence-corrected chi connectivity index (χ2v) is 4.69. The smallest absolute Gasteiger partial charge is 0.119 e. The van der Waals surface area contributed by atoms with Crippen LogP contribution in [0.15, 0.2) is 24.3 Å². The first-order chi connectivity index (χ1) is 8.74. The van der Waals surface area contributed by atoms with E-state index in [-0.39, 0.29) is 0 Å². The normalized spacial score (nSPS) is 18.6. The number of aliphatic hydroxyl groups is 1. The monoisotopic (exact) mass is 251 g/mol. The summed E-state index contributed by atoms with van der Waals surface area (Å²) in [4.78, 5) is 2.20. The molecule has 100 valence electrons. The topological polar surface area (TPSA) is 41.9 Å². The van der Waals surface area contributed by atoms with Gasteiger partial charge in [0.05, 0.1) is 13.2 Å². The Labute approximate surface area is 108 Å². The lowest BCUT2D eigenvalue weighted by atomic mass is 10.2. The van der Waals surface area contributed by atoms with Crippen molar-refractivity contribution >= 4 is 0 Å². The van der Waals surface area contributed by atoms with Crippen LogP contribution >= 0.6 is 0 Å². The minimum absolute atomic E-state index is 0.334. The maximum absolute atomic E-state index is 9.92. The molecule has 18 heavy (non-hydrogen) atoms. The summed E-state index contributed by atoms with van der Waals surface area (Å²) in [7, 11) is 0. The van der Waals surface area contributed by atoms with Crippen LogP contribution in [0.3, 0.4) is 0 Å². The molecule has 0 unspecified atom stereocenters. The second kappa shape index (κ2) is 6.73. The Balaban J connectivity index is 1.72. The van der Waals surface area contributed by atoms with Gasteiger partial charge in [-0.15, -0.1) is 0 Å². The van der Waals surface area contributed by atoms with E-state index in [9.17, 15) is 5.11 Å². The van der Waals surface area contributed by atoms with Crippen LogP contribution in [0.4, 0.5) is 0 Å². The predicted octanol–water partition coefficient (Wildman–Crippen LogP) is 1.07. The molecule has 0 amide bonds. The van der Waals surface area contributed by atoms with Gasteiger partial charge in [0.2, 0.25) is 0 Å². The van der Waals surface area contributed by atoms with Gasteiger partial charge in [0.25, 0.3) is 0 Å². The number of benzene rings is 1. The van der Waals surface area contributed by atoms with E-state index in [2.05, 4.69) is 4.90 Å². The molecule has 0 bridgehead atoms. The molecule has 0 radical (unpaired) electrons. The molecule has 0 spiro atoms. The third-order valence-corrected chi connectivity index (χ3v) is 3.00. The van der Waals surface area contributed by atoms with Crippen molar-refractivity contribution in [3.63, 3.8) is 0 Å². The van der Waals surface area contributed by atoms with Gasteiger partial charge in [-0.05, 0) is 24.6 Å². The van der Waals surface area contributed by atoms with Gasteiger partial charge < -0.3 is 14.6 Å². The van der Waals surface area contributed by atoms with Crippen LogP contribution in [-0.2, 0) is 4.74 Å². The molecule has 2 rings (SSSR count). The van der Waals surface area contributed by atoms with E-state index >= 15 is 0 Å². The number of aliphatic hydroxyl groups excluding tert-OH is 1. The van der Waals surface area contributed by atoms with Crippen LogP contribution in [0.1, 0.15) is 5.56 Å². The summed E-state index contributed by atoms with van der Waals surface area (Å²) in [5.41, 5.74) is 1.16. The van der Waals surface area contributed by atoms with E-state index in [0.717, 1.165) is 37.6 Å². The fourth-order valence-electron chi connectivity index (χ4n) is 2.03. The van der Waals surface area contributed by atoms with Crippen molar-refractivity contribution in [2.24, 2.45) is 0 Å². The lowest BCUT2D eigenvalue weighted by molar-refractivity contribution is 0.00465. The molecule has 1 saturated heterocycles. The van der Waals surface area contributed by atoms with Crippen molar-refractivity contribution < 1.29 is 14.6 Å². The molecule has 1 atom stereocenters. The minimum Gasteiger partial charge on any atom is -0.491 e. The second-order valence-electron chi connectivity index (χ2n) is 4.69. The van der Waals surface area contributed by atoms with E-state index in [0.29, 0.717) is 13.2 Å². The average molecular weight is 251 g/mol. The maximum atomic E-state index is 9.92. The third-order valence-electron chi connectivity index (χ3n) is 3.00. The van der Waals surface area contributed by atoms with Crippen molar-refractivity contribution in [1.29, 1.82) is 0 Å². The standard InChI is InChI=1S/C14H21NO3/c1-12-3-2-4-14(9-12)18-11-13(16)10-15-5-7-17-8-6-15/h2-4,9,13,16H,5-8,10-11H2,1H3/t13-/m0/s1. The number of hydrogen-bond acceptors (Lipinski definition) is 4. The zero-order chi connectivity index (χ0) is 12.8. The fourth-order valence-corrected chi connectivity index (χ4v) is 2.03. The molecule has 1 aromatic carbocycles. The first-order valence-electron chi connectivity index (χ1n) is 6.41. The van der Waals surface area contributed by atoms with Crippen LogP contribution in [0.5, 0.6) is 5.75 Å². The van der Waals surface area contributed by atoms with Crippen molar-refractivity contribution in [3.8, 4) is 5.75 Å². The van der Waals surface area contributed by atoms with Gasteiger partial charge >= 0.3 is 0 Å². The van der Waals surface area contributed by atoms with Crippen molar-refractivity contribution in [1.82, 2.24) is 4.90 Å². The Morgan fingerprint density at radius 2 is 2.17 bits per heavy atom. The molecular weight excluding hydrogens is 230 g/mol. The van der Waals surface area contributed by atoms with Gasteiger partial charge in [0, 0.05) is 19.6 Å². The quantitative estimate of drug-likeness (QED) is 0.850. The molecular formula is C14H21NO3. The van der Waals surface area contributed by atoms with Gasteiger partial charge in [0.1, 0.15) is 18.5 Å². The Morgan fingerprint density at radius 3 is 2.89 bits per heavy atom. The number of rotatable bonds is 5. The van der Waals surface area contributed by atoms with E-state index in [1.54, 1.807) is 0 Å². The van der Waals surface area contributed by atoms with Crippen LogP contribution in [-0.4, -0.2) is 55.6 Å². The number of nitrogens with zero attached hydrogens (tertiary/aromatic N) is 1. The van der Waals surface area contributed by atoms with Crippen molar-refractivity contribution in [2.75, 3.05) is 39.5 Å². The summed E-state index contributed by atoms with van der Waals surface area (Å²) >= 11 is 0. The van der Waals surface area contributed by atoms with Gasteiger partial charge in [0.15, 0.2) is 0 Å². The van der Waals surface area contributed by atoms with Crippen LogP contribution in [0, 0.1) is 6.92 Å². The molecule has 1 aliphatic rings. The van der Waals surface area contributed by atoms with E-state index in [1.165, 1.54) is 0 Å². The Bertz CT molecular complexity index is 364. The van der Waals surface area contributed by atoms with Crippen LogP contribution in [0.25, 0.3) is 0 Å². The van der Waals surface area contributed by atoms with Gasteiger partial charge in [-0.2, -0.15) is 0 Å². The first kappa shape index (κ1) is 13.3. The molecule has 1 aromatic rings. The van der Waals surface area contributed by atoms with Crippen LogP contribution in [0.2, 0.25) is 0 Å². The van der Waals surface area contributed by atoms with Gasteiger partial charge in [-0.25, -0.2) is 0 Å². The number of hydrogen-bond donors (Lipinski definition) is 1. The molecule has 1 fully saturated rings. The fraction of sp³-hybridized carbons (Fsp3) is 0.571. The van der Waals surface area contributed by atoms with Crippen molar-refractivity contribution in [3.05, 3.63) is 29.8 Å². The Kier molecular flexibility index (Phi) is 4.99. The molecule has 0 saturated carbocycles. The van der Waals surface area contributed by atoms with E-state index in [4.69, 9.17) is 9.47 Å². The highest BCUT2D eigenvalue weighted by atomic mass is 16.5. The summed E-state index contributed by atoms with van der Waals surface area (Å²) in [6.07, 6.45) is -0.455. The summed E-state index contributed by atoms with van der Waals surface area (Å²) in [5.74, 6) is 0.816. The molecule has 1 aliphatic heterocycles. The highest BCUT2D eigenvalue weighted by Gasteiger charge is 2.15. The predicted molar refractivity (Wildman–Crippen MR) is 69.9 cm³/mol. The summed E-state index contributed by atoms with van der Waals surface area (Å²) in [6, 6.07) is 7.87. The lowest BCUT2D eigenvalue weighted by Gasteiger charge is -2.28. The number of β-amino-alcohol motifs (C(OH)–C–C–N with tert-alkyl or cyclic N) is 1. The average Bonchev–Trinajstić information content (AvgIpc) is 2.38. The van der Waals surface area contributed by atoms with Gasteiger partial charge in [-0.1, -0.05) is 12.1 Å². The molecule has 0 aliphatic carbocycles. The first-order valence-corrected chi connectivity index (χ1v) is 6.41. The zero-order valence-corrected chi connectivity index (χ0v) is 10.8. The van der Waals surface area contributed by atoms with Gasteiger partial charge in [-0.3, -0.25) is 4.90 Å². The van der Waals surface area contributed by atoms with E-state index in [1.807, 2.05) is 31.2 Å². The molecule has 1 N–H and O–H groups in total. The Morgan fingerprint density at radius 1 is 1.39 bits per heavy atom. The molecule has 4 heteroatoms. The number of ether oxygens (including phenoxy) is 2. The highest BCUT2D eigenvalue weighted by Crippen LogP contribution is 2.12. The third kappa shape index (κ3) is 4.29. The van der Waals surface area contributed by atoms with Crippen molar-refractivity contribution in [2.45, 2.75) is 13.0 Å². The highest BCUT2D eigenvalue weighted by molar-refractivity contribution is 5.27. The molecule has 1 heterocycles. The summed E-state index contributed by atoms with van der Waals surface area (Å²) in [6.45, 7) is 6.30. The van der Waals surface area contributed by atoms with Crippen LogP contribution < -0.4 is 4.74 Å². The lowest BCUT2D eigenvalue weighted by Crippen LogP contribution is -2.42. The maximum Gasteiger partial charge on any atom is 0.119 e. The Hall–Kier alpha value is -1.10. The molecule has 4 nitrogen and oxygen atoms in total. The zero-order valence-electron chi connectivity index (χ0n) is 10.8.